The summed E-state index contributed by atoms with van der Waals surface area (Å²) in [7, 11) is -3.46. The Morgan fingerprint density at radius 3 is 2.30 bits per heavy atom. The van der Waals surface area contributed by atoms with Gasteiger partial charge >= 0.3 is 0 Å². The van der Waals surface area contributed by atoms with Crippen molar-refractivity contribution in [3.8, 4) is 0 Å². The molecule has 0 radical (unpaired) electrons. The predicted octanol–water partition coefficient (Wildman–Crippen LogP) is 2.37. The van der Waals surface area contributed by atoms with Gasteiger partial charge in [0.05, 0.1) is 4.90 Å². The molecule has 2 saturated carbocycles. The molecular formula is C14H19BrN2O2S. The summed E-state index contributed by atoms with van der Waals surface area (Å²) >= 11 is 3.34. The van der Waals surface area contributed by atoms with Gasteiger partial charge in [-0.25, -0.2) is 13.1 Å². The molecule has 6 heteroatoms. The summed E-state index contributed by atoms with van der Waals surface area (Å²) in [6, 6.07) is 5.30. The number of nitrogens with two attached hydrogens (primary N) is 1. The number of sulfonamides is 1. The van der Waals surface area contributed by atoms with Crippen molar-refractivity contribution in [1.29, 1.82) is 0 Å². The third-order valence-corrected chi connectivity index (χ3v) is 6.51. The number of rotatable bonds is 6. The van der Waals surface area contributed by atoms with Gasteiger partial charge in [-0.15, -0.1) is 0 Å². The van der Waals surface area contributed by atoms with Gasteiger partial charge in [0.25, 0.3) is 0 Å². The quantitative estimate of drug-likeness (QED) is 0.819. The van der Waals surface area contributed by atoms with Crippen molar-refractivity contribution < 1.29 is 8.42 Å². The molecule has 2 fully saturated rings. The van der Waals surface area contributed by atoms with Crippen LogP contribution in [0.15, 0.2) is 27.6 Å². The summed E-state index contributed by atoms with van der Waals surface area (Å²) in [6.45, 7) is 0.402. The molecule has 0 bridgehead atoms. The molecule has 2 aliphatic rings. The van der Waals surface area contributed by atoms with E-state index in [1.165, 1.54) is 0 Å². The predicted molar refractivity (Wildman–Crippen MR) is 81.6 cm³/mol. The molecule has 0 aliphatic heterocycles. The van der Waals surface area contributed by atoms with E-state index in [-0.39, 0.29) is 6.04 Å². The second-order valence-corrected chi connectivity index (χ2v) is 8.33. The maximum atomic E-state index is 12.6. The third kappa shape index (κ3) is 3.08. The van der Waals surface area contributed by atoms with Crippen molar-refractivity contribution in [2.24, 2.45) is 17.6 Å². The van der Waals surface area contributed by atoms with Gasteiger partial charge in [0.2, 0.25) is 10.0 Å². The summed E-state index contributed by atoms with van der Waals surface area (Å²) in [5.41, 5.74) is 6.48. The minimum Gasteiger partial charge on any atom is -0.326 e. The van der Waals surface area contributed by atoms with Crippen molar-refractivity contribution in [1.82, 2.24) is 4.72 Å². The molecule has 110 valence electrons. The summed E-state index contributed by atoms with van der Waals surface area (Å²) in [5, 5.41) is 0. The van der Waals surface area contributed by atoms with E-state index < -0.39 is 10.0 Å². The first-order valence-electron chi connectivity index (χ1n) is 7.02. The highest BCUT2D eigenvalue weighted by Gasteiger charge is 2.43. The van der Waals surface area contributed by atoms with Crippen LogP contribution in [0, 0.1) is 11.8 Å². The fourth-order valence-electron chi connectivity index (χ4n) is 2.62. The SMILES string of the molecule is NCc1ccc(S(=O)(=O)NC(C2CC2)C2CC2)c(Br)c1. The first-order valence-corrected chi connectivity index (χ1v) is 9.29. The highest BCUT2D eigenvalue weighted by Crippen LogP contribution is 2.45. The lowest BCUT2D eigenvalue weighted by molar-refractivity contribution is 0.471. The molecule has 0 spiro atoms. The van der Waals surface area contributed by atoms with E-state index in [0.717, 1.165) is 31.2 Å². The first-order chi connectivity index (χ1) is 9.51. The molecule has 20 heavy (non-hydrogen) atoms. The van der Waals surface area contributed by atoms with Gasteiger partial charge in [-0.1, -0.05) is 6.07 Å². The van der Waals surface area contributed by atoms with E-state index in [4.69, 9.17) is 5.73 Å². The maximum absolute atomic E-state index is 12.6. The van der Waals surface area contributed by atoms with Crippen LogP contribution in [-0.4, -0.2) is 14.5 Å². The Bertz CT molecular complexity index is 598. The molecule has 1 aromatic rings. The van der Waals surface area contributed by atoms with E-state index in [2.05, 4.69) is 20.7 Å². The number of benzene rings is 1. The van der Waals surface area contributed by atoms with Crippen molar-refractivity contribution in [3.63, 3.8) is 0 Å². The van der Waals surface area contributed by atoms with Crippen LogP contribution < -0.4 is 10.5 Å². The zero-order chi connectivity index (χ0) is 14.3. The summed E-state index contributed by atoms with van der Waals surface area (Å²) in [6.07, 6.45) is 4.60. The van der Waals surface area contributed by atoms with Crippen LogP contribution in [-0.2, 0) is 16.6 Å². The van der Waals surface area contributed by atoms with E-state index in [0.29, 0.717) is 27.7 Å². The van der Waals surface area contributed by atoms with Crippen molar-refractivity contribution in [2.75, 3.05) is 0 Å². The number of hydrogen-bond acceptors (Lipinski definition) is 3. The average Bonchev–Trinajstić information content (AvgIpc) is 3.28. The van der Waals surface area contributed by atoms with Gasteiger partial charge in [-0.05, 0) is 71.1 Å². The van der Waals surface area contributed by atoms with Crippen molar-refractivity contribution in [3.05, 3.63) is 28.2 Å². The fourth-order valence-corrected chi connectivity index (χ4v) is 5.12. The van der Waals surface area contributed by atoms with Crippen LogP contribution >= 0.6 is 15.9 Å². The second-order valence-electron chi connectivity index (χ2n) is 5.79. The highest BCUT2D eigenvalue weighted by atomic mass is 79.9. The molecule has 3 rings (SSSR count). The molecule has 0 saturated heterocycles. The second kappa shape index (κ2) is 5.40. The van der Waals surface area contributed by atoms with E-state index in [1.54, 1.807) is 18.2 Å². The largest absolute Gasteiger partial charge is 0.326 e. The minimum absolute atomic E-state index is 0.126. The van der Waals surface area contributed by atoms with Crippen LogP contribution in [0.1, 0.15) is 31.2 Å². The summed E-state index contributed by atoms with van der Waals surface area (Å²) < 4.78 is 28.6. The van der Waals surface area contributed by atoms with Crippen LogP contribution in [0.4, 0.5) is 0 Å². The van der Waals surface area contributed by atoms with Crippen LogP contribution in [0.2, 0.25) is 0 Å². The summed E-state index contributed by atoms with van der Waals surface area (Å²) in [4.78, 5) is 0.306. The Hall–Kier alpha value is -0.430. The lowest BCUT2D eigenvalue weighted by Gasteiger charge is -2.18. The van der Waals surface area contributed by atoms with Crippen LogP contribution in [0.3, 0.4) is 0 Å². The molecule has 0 unspecified atom stereocenters. The van der Waals surface area contributed by atoms with Gasteiger partial charge in [-0.3, -0.25) is 0 Å². The minimum atomic E-state index is -3.46. The maximum Gasteiger partial charge on any atom is 0.241 e. The van der Waals surface area contributed by atoms with Crippen LogP contribution in [0.25, 0.3) is 0 Å². The van der Waals surface area contributed by atoms with Crippen LogP contribution in [0.5, 0.6) is 0 Å². The Morgan fingerprint density at radius 1 is 1.25 bits per heavy atom. The van der Waals surface area contributed by atoms with Gasteiger partial charge in [0.1, 0.15) is 0 Å². The fraction of sp³-hybridized carbons (Fsp3) is 0.571. The highest BCUT2D eigenvalue weighted by molar-refractivity contribution is 9.10. The van der Waals surface area contributed by atoms with Gasteiger partial charge < -0.3 is 5.73 Å². The normalized spacial score (nSPS) is 19.6. The zero-order valence-corrected chi connectivity index (χ0v) is 13.6. The van der Waals surface area contributed by atoms with Gasteiger partial charge in [-0.2, -0.15) is 0 Å². The molecule has 0 aromatic heterocycles. The number of nitrogens with one attached hydrogen (secondary N) is 1. The lowest BCUT2D eigenvalue weighted by atomic mass is 10.1. The van der Waals surface area contributed by atoms with Crippen molar-refractivity contribution in [2.45, 2.75) is 43.2 Å². The molecule has 0 atom stereocenters. The standard InChI is InChI=1S/C14H19BrN2O2S/c15-12-7-9(8-16)1-6-13(12)20(18,19)17-14(10-2-3-10)11-4-5-11/h1,6-7,10-11,14,17H,2-5,8,16H2. The first kappa shape index (κ1) is 14.5. The van der Waals surface area contributed by atoms with E-state index >= 15 is 0 Å². The van der Waals surface area contributed by atoms with E-state index in [9.17, 15) is 8.42 Å². The molecule has 0 amide bonds. The number of halogens is 1. The molecule has 2 aliphatic carbocycles. The molecule has 1 aromatic carbocycles. The van der Waals surface area contributed by atoms with Gasteiger partial charge in [0.15, 0.2) is 0 Å². The number of hydrogen-bond donors (Lipinski definition) is 2. The average molecular weight is 359 g/mol. The molecule has 4 nitrogen and oxygen atoms in total. The van der Waals surface area contributed by atoms with Crippen molar-refractivity contribution >= 4 is 26.0 Å². The molecule has 0 heterocycles. The topological polar surface area (TPSA) is 72.2 Å². The summed E-state index contributed by atoms with van der Waals surface area (Å²) in [5.74, 6) is 1.08. The Kier molecular flexibility index (Phi) is 3.92. The lowest BCUT2D eigenvalue weighted by Crippen LogP contribution is -2.38. The Morgan fingerprint density at radius 2 is 1.85 bits per heavy atom. The zero-order valence-electron chi connectivity index (χ0n) is 11.2. The van der Waals surface area contributed by atoms with Gasteiger partial charge in [0, 0.05) is 17.1 Å². The third-order valence-electron chi connectivity index (χ3n) is 4.07. The Labute approximate surface area is 128 Å². The smallest absolute Gasteiger partial charge is 0.241 e. The van der Waals surface area contributed by atoms with E-state index in [1.807, 2.05) is 0 Å². The monoisotopic (exact) mass is 358 g/mol. The molecular weight excluding hydrogens is 340 g/mol. The molecule has 3 N–H and O–H groups in total. The Balaban J connectivity index is 1.83.